The summed E-state index contributed by atoms with van der Waals surface area (Å²) < 4.78 is 30.4. The minimum atomic E-state index is -3.73. The number of anilines is 1. The van der Waals surface area contributed by atoms with Crippen LogP contribution >= 0.6 is 23.2 Å². The van der Waals surface area contributed by atoms with Crippen molar-refractivity contribution < 1.29 is 17.9 Å². The van der Waals surface area contributed by atoms with E-state index in [1.165, 1.54) is 18.2 Å². The number of rotatable bonds is 7. The Labute approximate surface area is 169 Å². The summed E-state index contributed by atoms with van der Waals surface area (Å²) in [7, 11) is -2.16. The van der Waals surface area contributed by atoms with Crippen LogP contribution in [0.15, 0.2) is 42.5 Å². The molecule has 0 aliphatic heterocycles. The molecule has 0 fully saturated rings. The van der Waals surface area contributed by atoms with Gasteiger partial charge in [0, 0.05) is 5.02 Å². The molecular weight excluding hydrogens is 411 g/mol. The summed E-state index contributed by atoms with van der Waals surface area (Å²) in [6, 6.07) is 11.3. The number of carbonyl (C=O) groups excluding carboxylic acids is 1. The van der Waals surface area contributed by atoms with Gasteiger partial charge in [-0.3, -0.25) is 9.10 Å². The summed E-state index contributed by atoms with van der Waals surface area (Å²) in [5.74, 6) is 0.243. The van der Waals surface area contributed by atoms with Crippen molar-refractivity contribution in [2.75, 3.05) is 24.2 Å². The van der Waals surface area contributed by atoms with Gasteiger partial charge in [-0.1, -0.05) is 35.3 Å². The molecule has 0 bridgehead atoms. The van der Waals surface area contributed by atoms with Crippen LogP contribution in [0.3, 0.4) is 0 Å². The lowest BCUT2D eigenvalue weighted by atomic mass is 10.1. The van der Waals surface area contributed by atoms with Crippen LogP contribution in [0.25, 0.3) is 0 Å². The smallest absolute Gasteiger partial charge is 0.241 e. The summed E-state index contributed by atoms with van der Waals surface area (Å²) >= 11 is 12.0. The van der Waals surface area contributed by atoms with E-state index in [2.05, 4.69) is 5.32 Å². The molecule has 27 heavy (non-hydrogen) atoms. The van der Waals surface area contributed by atoms with Gasteiger partial charge in [-0.15, -0.1) is 0 Å². The number of carbonyl (C=O) groups is 1. The second-order valence-corrected chi connectivity index (χ2v) is 8.68. The van der Waals surface area contributed by atoms with Gasteiger partial charge in [0.25, 0.3) is 0 Å². The Morgan fingerprint density at radius 2 is 1.81 bits per heavy atom. The molecule has 0 radical (unpaired) electrons. The average molecular weight is 431 g/mol. The van der Waals surface area contributed by atoms with E-state index in [4.69, 9.17) is 27.9 Å². The van der Waals surface area contributed by atoms with Crippen molar-refractivity contribution >= 4 is 44.8 Å². The monoisotopic (exact) mass is 430 g/mol. The zero-order valence-corrected chi connectivity index (χ0v) is 17.4. The summed E-state index contributed by atoms with van der Waals surface area (Å²) in [4.78, 5) is 12.4. The summed E-state index contributed by atoms with van der Waals surface area (Å²) in [5.41, 5.74) is 1.05. The molecule has 1 amide bonds. The molecule has 0 spiro atoms. The van der Waals surface area contributed by atoms with Gasteiger partial charge < -0.3 is 10.1 Å². The molecule has 9 heteroatoms. The third kappa shape index (κ3) is 5.76. The van der Waals surface area contributed by atoms with Crippen LogP contribution in [0, 0.1) is 0 Å². The quantitative estimate of drug-likeness (QED) is 0.726. The van der Waals surface area contributed by atoms with Crippen LogP contribution in [-0.4, -0.2) is 34.2 Å². The molecule has 0 aliphatic carbocycles. The van der Waals surface area contributed by atoms with Gasteiger partial charge >= 0.3 is 0 Å². The fourth-order valence-electron chi connectivity index (χ4n) is 2.46. The van der Waals surface area contributed by atoms with Gasteiger partial charge in [-0.2, -0.15) is 0 Å². The molecule has 2 rings (SSSR count). The summed E-state index contributed by atoms with van der Waals surface area (Å²) in [5, 5.41) is 3.29. The highest BCUT2D eigenvalue weighted by Crippen LogP contribution is 2.30. The Morgan fingerprint density at radius 3 is 2.33 bits per heavy atom. The number of hydrogen-bond donors (Lipinski definition) is 1. The molecule has 0 heterocycles. The standard InChI is InChI=1S/C18H20Cl2N2O4S/c1-12(13-4-7-15(26-2)8-5-13)21-18(23)11-22(27(3,24)25)17-9-6-14(19)10-16(17)20/h4-10,12H,11H2,1-3H3,(H,21,23). The van der Waals surface area contributed by atoms with Gasteiger partial charge in [-0.05, 0) is 42.8 Å². The van der Waals surface area contributed by atoms with Gasteiger partial charge in [0.1, 0.15) is 12.3 Å². The van der Waals surface area contributed by atoms with E-state index in [1.807, 2.05) is 12.1 Å². The number of amides is 1. The van der Waals surface area contributed by atoms with Crippen molar-refractivity contribution in [2.45, 2.75) is 13.0 Å². The van der Waals surface area contributed by atoms with E-state index in [1.54, 1.807) is 26.2 Å². The van der Waals surface area contributed by atoms with Crippen molar-refractivity contribution in [3.05, 3.63) is 58.1 Å². The van der Waals surface area contributed by atoms with Crippen molar-refractivity contribution in [3.63, 3.8) is 0 Å². The van der Waals surface area contributed by atoms with Crippen LogP contribution in [0.1, 0.15) is 18.5 Å². The number of benzene rings is 2. The molecule has 1 N–H and O–H groups in total. The third-order valence-corrected chi connectivity index (χ3v) is 5.52. The fraction of sp³-hybridized carbons (Fsp3) is 0.278. The number of hydrogen-bond acceptors (Lipinski definition) is 4. The molecule has 6 nitrogen and oxygen atoms in total. The largest absolute Gasteiger partial charge is 0.497 e. The topological polar surface area (TPSA) is 75.7 Å². The highest BCUT2D eigenvalue weighted by Gasteiger charge is 2.24. The highest BCUT2D eigenvalue weighted by molar-refractivity contribution is 7.92. The molecule has 0 saturated carbocycles. The Hall–Kier alpha value is -1.96. The lowest BCUT2D eigenvalue weighted by Gasteiger charge is -2.24. The Bertz CT molecular complexity index is 917. The van der Waals surface area contributed by atoms with Crippen molar-refractivity contribution in [3.8, 4) is 5.75 Å². The third-order valence-electron chi connectivity index (χ3n) is 3.86. The normalized spacial score (nSPS) is 12.3. The molecule has 1 unspecified atom stereocenters. The van der Waals surface area contributed by atoms with Gasteiger partial charge in [0.2, 0.25) is 15.9 Å². The SMILES string of the molecule is COc1ccc(C(C)NC(=O)CN(c2ccc(Cl)cc2Cl)S(C)(=O)=O)cc1. The highest BCUT2D eigenvalue weighted by atomic mass is 35.5. The van der Waals surface area contributed by atoms with E-state index < -0.39 is 22.5 Å². The maximum atomic E-state index is 12.4. The number of methoxy groups -OCH3 is 1. The van der Waals surface area contributed by atoms with Gasteiger partial charge in [-0.25, -0.2) is 8.42 Å². The predicted molar refractivity (Wildman–Crippen MR) is 108 cm³/mol. The number of sulfonamides is 1. The van der Waals surface area contributed by atoms with Crippen LogP contribution in [0.5, 0.6) is 5.75 Å². The minimum Gasteiger partial charge on any atom is -0.497 e. The first-order valence-electron chi connectivity index (χ1n) is 7.98. The lowest BCUT2D eigenvalue weighted by Crippen LogP contribution is -2.41. The molecule has 1 atom stereocenters. The Balaban J connectivity index is 2.16. The second-order valence-electron chi connectivity index (χ2n) is 5.93. The first-order chi connectivity index (χ1) is 12.6. The van der Waals surface area contributed by atoms with E-state index in [0.29, 0.717) is 10.8 Å². The van der Waals surface area contributed by atoms with Crippen molar-refractivity contribution in [1.29, 1.82) is 0 Å². The van der Waals surface area contributed by atoms with Crippen LogP contribution < -0.4 is 14.4 Å². The van der Waals surface area contributed by atoms with Gasteiger partial charge in [0.15, 0.2) is 0 Å². The minimum absolute atomic E-state index is 0.143. The number of ether oxygens (including phenoxy) is 1. The summed E-state index contributed by atoms with van der Waals surface area (Å²) in [6.45, 7) is 1.40. The maximum Gasteiger partial charge on any atom is 0.241 e. The number of nitrogens with zero attached hydrogens (tertiary/aromatic N) is 1. The van der Waals surface area contributed by atoms with Crippen molar-refractivity contribution in [1.82, 2.24) is 5.32 Å². The molecule has 0 saturated heterocycles. The molecule has 2 aromatic carbocycles. The molecular formula is C18H20Cl2N2O4S. The van der Waals surface area contributed by atoms with E-state index in [0.717, 1.165) is 16.1 Å². The van der Waals surface area contributed by atoms with Gasteiger partial charge in [0.05, 0.1) is 30.1 Å². The first kappa shape index (κ1) is 21.3. The lowest BCUT2D eigenvalue weighted by molar-refractivity contribution is -0.120. The van der Waals surface area contributed by atoms with E-state index in [-0.39, 0.29) is 16.8 Å². The van der Waals surface area contributed by atoms with Crippen molar-refractivity contribution in [2.24, 2.45) is 0 Å². The predicted octanol–water partition coefficient (Wildman–Crippen LogP) is 3.65. The maximum absolute atomic E-state index is 12.4. The van der Waals surface area contributed by atoms with E-state index in [9.17, 15) is 13.2 Å². The van der Waals surface area contributed by atoms with Crippen LogP contribution in [0.4, 0.5) is 5.69 Å². The van der Waals surface area contributed by atoms with Crippen LogP contribution in [0.2, 0.25) is 10.0 Å². The molecule has 0 aromatic heterocycles. The van der Waals surface area contributed by atoms with Crippen LogP contribution in [-0.2, 0) is 14.8 Å². The molecule has 0 aliphatic rings. The second kappa shape index (κ2) is 8.82. The number of halogens is 2. The average Bonchev–Trinajstić information content (AvgIpc) is 2.59. The number of nitrogens with one attached hydrogen (secondary N) is 1. The zero-order valence-electron chi connectivity index (χ0n) is 15.1. The molecule has 2 aromatic rings. The first-order valence-corrected chi connectivity index (χ1v) is 10.6. The Kier molecular flexibility index (Phi) is 6.97. The summed E-state index contributed by atoms with van der Waals surface area (Å²) in [6.07, 6.45) is 1.01. The van der Waals surface area contributed by atoms with E-state index >= 15 is 0 Å². The molecule has 146 valence electrons. The zero-order chi connectivity index (χ0) is 20.2. The Morgan fingerprint density at radius 1 is 1.19 bits per heavy atom. The fourth-order valence-corrected chi connectivity index (χ4v) is 3.89.